The van der Waals surface area contributed by atoms with Crippen molar-refractivity contribution in [3.63, 3.8) is 0 Å². The lowest BCUT2D eigenvalue weighted by molar-refractivity contribution is 0.185. The SMILES string of the molecule is COCc1ccc(C=CCO)cc1. The molecule has 0 aromatic heterocycles. The van der Waals surface area contributed by atoms with E-state index in [1.54, 1.807) is 13.2 Å². The van der Waals surface area contributed by atoms with Gasteiger partial charge >= 0.3 is 0 Å². The fraction of sp³-hybridized carbons (Fsp3) is 0.273. The molecule has 0 aliphatic rings. The second-order valence-electron chi connectivity index (χ2n) is 2.76. The predicted octanol–water partition coefficient (Wildman–Crippen LogP) is 1.84. The molecule has 0 aliphatic carbocycles. The minimum absolute atomic E-state index is 0.0832. The summed E-state index contributed by atoms with van der Waals surface area (Å²) in [5, 5.41) is 8.56. The van der Waals surface area contributed by atoms with Crippen LogP contribution in [-0.4, -0.2) is 18.8 Å². The molecule has 1 rings (SSSR count). The van der Waals surface area contributed by atoms with Crippen LogP contribution in [0.3, 0.4) is 0 Å². The molecule has 0 aliphatic heterocycles. The summed E-state index contributed by atoms with van der Waals surface area (Å²) in [6.07, 6.45) is 3.60. The maximum Gasteiger partial charge on any atom is 0.0713 e. The molecule has 0 heterocycles. The highest BCUT2D eigenvalue weighted by Gasteiger charge is 1.90. The van der Waals surface area contributed by atoms with E-state index in [4.69, 9.17) is 9.84 Å². The van der Waals surface area contributed by atoms with Gasteiger partial charge in [0.1, 0.15) is 0 Å². The zero-order valence-electron chi connectivity index (χ0n) is 7.73. The lowest BCUT2D eigenvalue weighted by Gasteiger charge is -1.99. The molecule has 0 radical (unpaired) electrons. The lowest BCUT2D eigenvalue weighted by atomic mass is 10.1. The van der Waals surface area contributed by atoms with Gasteiger partial charge < -0.3 is 9.84 Å². The summed E-state index contributed by atoms with van der Waals surface area (Å²) in [5.74, 6) is 0. The van der Waals surface area contributed by atoms with Gasteiger partial charge in [-0.25, -0.2) is 0 Å². The van der Waals surface area contributed by atoms with Crippen LogP contribution in [0.15, 0.2) is 30.3 Å². The van der Waals surface area contributed by atoms with E-state index >= 15 is 0 Å². The first-order valence-corrected chi connectivity index (χ1v) is 4.22. The number of rotatable bonds is 4. The van der Waals surface area contributed by atoms with Gasteiger partial charge in [-0.05, 0) is 11.1 Å². The average molecular weight is 178 g/mol. The van der Waals surface area contributed by atoms with Crippen molar-refractivity contribution in [3.8, 4) is 0 Å². The van der Waals surface area contributed by atoms with Gasteiger partial charge in [-0.15, -0.1) is 0 Å². The average Bonchev–Trinajstić information content (AvgIpc) is 2.17. The summed E-state index contributed by atoms with van der Waals surface area (Å²) in [7, 11) is 1.68. The van der Waals surface area contributed by atoms with Crippen molar-refractivity contribution in [2.75, 3.05) is 13.7 Å². The molecule has 0 saturated carbocycles. The van der Waals surface area contributed by atoms with Crippen molar-refractivity contribution in [2.24, 2.45) is 0 Å². The van der Waals surface area contributed by atoms with E-state index in [0.717, 1.165) is 11.1 Å². The molecule has 0 amide bonds. The first-order chi connectivity index (χ1) is 6.36. The number of benzene rings is 1. The Morgan fingerprint density at radius 1 is 1.31 bits per heavy atom. The third-order valence-corrected chi connectivity index (χ3v) is 1.71. The molecule has 0 fully saturated rings. The molecule has 0 spiro atoms. The largest absolute Gasteiger partial charge is 0.392 e. The Kier molecular flexibility index (Phi) is 4.23. The number of ether oxygens (including phenoxy) is 1. The van der Waals surface area contributed by atoms with Crippen molar-refractivity contribution >= 4 is 6.08 Å². The number of aliphatic hydroxyl groups excluding tert-OH is 1. The van der Waals surface area contributed by atoms with Crippen molar-refractivity contribution in [3.05, 3.63) is 41.5 Å². The van der Waals surface area contributed by atoms with Gasteiger partial charge in [0.2, 0.25) is 0 Å². The van der Waals surface area contributed by atoms with Crippen molar-refractivity contribution in [2.45, 2.75) is 6.61 Å². The highest BCUT2D eigenvalue weighted by Crippen LogP contribution is 2.06. The third-order valence-electron chi connectivity index (χ3n) is 1.71. The summed E-state index contributed by atoms with van der Waals surface area (Å²) < 4.78 is 4.99. The van der Waals surface area contributed by atoms with Gasteiger partial charge in [-0.3, -0.25) is 0 Å². The third kappa shape index (κ3) is 3.40. The number of methoxy groups -OCH3 is 1. The summed E-state index contributed by atoms with van der Waals surface area (Å²) in [4.78, 5) is 0. The Labute approximate surface area is 78.5 Å². The molecular weight excluding hydrogens is 164 g/mol. The van der Waals surface area contributed by atoms with Crippen LogP contribution in [-0.2, 0) is 11.3 Å². The van der Waals surface area contributed by atoms with Gasteiger partial charge in [0.25, 0.3) is 0 Å². The van der Waals surface area contributed by atoms with E-state index in [1.807, 2.05) is 30.3 Å². The maximum atomic E-state index is 8.56. The van der Waals surface area contributed by atoms with Crippen LogP contribution in [0.4, 0.5) is 0 Å². The second-order valence-corrected chi connectivity index (χ2v) is 2.76. The molecule has 0 atom stereocenters. The van der Waals surface area contributed by atoms with Crippen LogP contribution < -0.4 is 0 Å². The Hall–Kier alpha value is -1.12. The summed E-state index contributed by atoms with van der Waals surface area (Å²) >= 11 is 0. The van der Waals surface area contributed by atoms with Crippen molar-refractivity contribution < 1.29 is 9.84 Å². The summed E-state index contributed by atoms with van der Waals surface area (Å²) in [5.41, 5.74) is 2.25. The molecule has 1 N–H and O–H groups in total. The molecule has 2 nitrogen and oxygen atoms in total. The first kappa shape index (κ1) is 9.96. The van der Waals surface area contributed by atoms with Crippen LogP contribution >= 0.6 is 0 Å². The zero-order valence-corrected chi connectivity index (χ0v) is 7.73. The molecule has 1 aromatic carbocycles. The monoisotopic (exact) mass is 178 g/mol. The normalized spacial score (nSPS) is 10.9. The summed E-state index contributed by atoms with van der Waals surface area (Å²) in [6, 6.07) is 8.03. The van der Waals surface area contributed by atoms with Crippen LogP contribution in [0.5, 0.6) is 0 Å². The summed E-state index contributed by atoms with van der Waals surface area (Å²) in [6.45, 7) is 0.726. The second kappa shape index (κ2) is 5.51. The standard InChI is InChI=1S/C11H14O2/c1-13-9-11-6-4-10(5-7-11)3-2-8-12/h2-7,12H,8-9H2,1H3. The van der Waals surface area contributed by atoms with Crippen LogP contribution in [0.2, 0.25) is 0 Å². The maximum absolute atomic E-state index is 8.56. The van der Waals surface area contributed by atoms with Crippen molar-refractivity contribution in [1.82, 2.24) is 0 Å². The highest BCUT2D eigenvalue weighted by atomic mass is 16.5. The minimum Gasteiger partial charge on any atom is -0.392 e. The Morgan fingerprint density at radius 3 is 2.54 bits per heavy atom. The van der Waals surface area contributed by atoms with Crippen LogP contribution in [0.25, 0.3) is 6.08 Å². The molecule has 70 valence electrons. The minimum atomic E-state index is 0.0832. The number of aliphatic hydroxyl groups is 1. The van der Waals surface area contributed by atoms with E-state index < -0.39 is 0 Å². The quantitative estimate of drug-likeness (QED) is 0.762. The fourth-order valence-electron chi connectivity index (χ4n) is 1.08. The molecular formula is C11H14O2. The predicted molar refractivity (Wildman–Crippen MR) is 53.3 cm³/mol. The Balaban J connectivity index is 2.64. The Morgan fingerprint density at radius 2 is 2.00 bits per heavy atom. The van der Waals surface area contributed by atoms with Gasteiger partial charge in [-0.2, -0.15) is 0 Å². The highest BCUT2D eigenvalue weighted by molar-refractivity contribution is 5.49. The smallest absolute Gasteiger partial charge is 0.0713 e. The molecule has 2 heteroatoms. The van der Waals surface area contributed by atoms with E-state index in [9.17, 15) is 0 Å². The van der Waals surface area contributed by atoms with Gasteiger partial charge in [-0.1, -0.05) is 36.4 Å². The zero-order chi connectivity index (χ0) is 9.52. The molecule has 1 aromatic rings. The van der Waals surface area contributed by atoms with E-state index in [-0.39, 0.29) is 6.61 Å². The van der Waals surface area contributed by atoms with Crippen molar-refractivity contribution in [1.29, 1.82) is 0 Å². The molecule has 0 saturated heterocycles. The molecule has 13 heavy (non-hydrogen) atoms. The molecule has 0 unspecified atom stereocenters. The van der Waals surface area contributed by atoms with E-state index in [0.29, 0.717) is 6.61 Å². The Bertz CT molecular complexity index is 262. The topological polar surface area (TPSA) is 29.5 Å². The van der Waals surface area contributed by atoms with Gasteiger partial charge in [0.15, 0.2) is 0 Å². The lowest BCUT2D eigenvalue weighted by Crippen LogP contribution is -1.86. The van der Waals surface area contributed by atoms with Crippen LogP contribution in [0, 0.1) is 0 Å². The van der Waals surface area contributed by atoms with E-state index in [1.165, 1.54) is 0 Å². The van der Waals surface area contributed by atoms with E-state index in [2.05, 4.69) is 0 Å². The number of hydrogen-bond acceptors (Lipinski definition) is 2. The van der Waals surface area contributed by atoms with Gasteiger partial charge in [0.05, 0.1) is 13.2 Å². The van der Waals surface area contributed by atoms with Gasteiger partial charge in [0, 0.05) is 7.11 Å². The fourth-order valence-corrected chi connectivity index (χ4v) is 1.08. The number of hydrogen-bond donors (Lipinski definition) is 1. The molecule has 0 bridgehead atoms. The van der Waals surface area contributed by atoms with Crippen LogP contribution in [0.1, 0.15) is 11.1 Å². The first-order valence-electron chi connectivity index (χ1n) is 4.22.